The molecule has 2 aromatic rings. The van der Waals surface area contributed by atoms with E-state index >= 15 is 0 Å². The molecule has 42 heavy (non-hydrogen) atoms. The van der Waals surface area contributed by atoms with Crippen LogP contribution in [-0.4, -0.2) is 94.5 Å². The number of piperazine rings is 1. The summed E-state index contributed by atoms with van der Waals surface area (Å²) in [5, 5.41) is 2.62. The van der Waals surface area contributed by atoms with Crippen LogP contribution in [0.15, 0.2) is 60.7 Å². The van der Waals surface area contributed by atoms with Gasteiger partial charge in [0.2, 0.25) is 11.8 Å². The molecule has 13 heteroatoms. The highest BCUT2D eigenvalue weighted by Crippen LogP contribution is 2.37. The fourth-order valence-electron chi connectivity index (χ4n) is 5.14. The van der Waals surface area contributed by atoms with Gasteiger partial charge in [0.25, 0.3) is 5.91 Å². The van der Waals surface area contributed by atoms with E-state index in [2.05, 4.69) is 5.32 Å². The van der Waals surface area contributed by atoms with Gasteiger partial charge in [-0.1, -0.05) is 60.7 Å². The van der Waals surface area contributed by atoms with Crippen molar-refractivity contribution in [1.82, 2.24) is 20.0 Å². The number of alkyl halides is 3. The number of benzene rings is 2. The summed E-state index contributed by atoms with van der Waals surface area (Å²) in [6.45, 7) is 0.531. The number of urea groups is 1. The molecule has 0 aromatic heterocycles. The monoisotopic (exact) mass is 589 g/mol. The van der Waals surface area contributed by atoms with Gasteiger partial charge in [0.05, 0.1) is 25.3 Å². The summed E-state index contributed by atoms with van der Waals surface area (Å²) in [6, 6.07) is 15.5. The number of nitrogens with one attached hydrogen (secondary N) is 1. The topological polar surface area (TPSA) is 125 Å². The van der Waals surface area contributed by atoms with E-state index in [0.717, 1.165) is 10.5 Å². The zero-order chi connectivity index (χ0) is 30.7. The Kier molecular flexibility index (Phi) is 8.92. The Hall–Kier alpha value is -3.97. The Bertz CT molecular complexity index is 1300. The second-order valence-electron chi connectivity index (χ2n) is 11.1. The van der Waals surface area contributed by atoms with Crippen LogP contribution in [0.5, 0.6) is 0 Å². The molecule has 3 N–H and O–H groups in total. The maximum Gasteiger partial charge on any atom is 0.406 e. The number of carbonyl (C=O) groups excluding carboxylic acids is 4. The summed E-state index contributed by atoms with van der Waals surface area (Å²) < 4.78 is 45.8. The average Bonchev–Trinajstić information content (AvgIpc) is 3.12. The first-order chi connectivity index (χ1) is 19.7. The van der Waals surface area contributed by atoms with Crippen LogP contribution < -0.4 is 11.1 Å². The first kappa shape index (κ1) is 31.0. The van der Waals surface area contributed by atoms with E-state index in [1.165, 1.54) is 18.7 Å². The summed E-state index contributed by atoms with van der Waals surface area (Å²) in [5.41, 5.74) is 4.30. The van der Waals surface area contributed by atoms with Crippen LogP contribution >= 0.6 is 0 Å². The normalized spacial score (nSPS) is 20.0. The van der Waals surface area contributed by atoms with Gasteiger partial charge >= 0.3 is 12.2 Å². The molecular weight excluding hydrogens is 555 g/mol. The minimum Gasteiger partial charge on any atom is -0.374 e. The lowest BCUT2D eigenvalue weighted by molar-refractivity contribution is -0.157. The van der Waals surface area contributed by atoms with Gasteiger partial charge in [-0.2, -0.15) is 13.2 Å². The zero-order valence-electron chi connectivity index (χ0n) is 23.4. The van der Waals surface area contributed by atoms with Crippen LogP contribution in [0.2, 0.25) is 0 Å². The Balaban J connectivity index is 1.61. The highest BCUT2D eigenvalue weighted by molar-refractivity contribution is 6.08. The van der Waals surface area contributed by atoms with Crippen molar-refractivity contribution in [2.45, 2.75) is 50.2 Å². The molecule has 10 nitrogen and oxygen atoms in total. The number of nitrogens with two attached hydrogens (primary N) is 1. The molecular formula is C29H34F3N5O5. The van der Waals surface area contributed by atoms with Gasteiger partial charge in [-0.05, 0) is 25.0 Å². The lowest BCUT2D eigenvalue weighted by atomic mass is 9.86. The number of nitrogens with zero attached hydrogens (tertiary/aromatic N) is 3. The van der Waals surface area contributed by atoms with Crippen LogP contribution in [0.25, 0.3) is 0 Å². The molecule has 2 heterocycles. The van der Waals surface area contributed by atoms with Crippen LogP contribution in [0.1, 0.15) is 25.0 Å². The van der Waals surface area contributed by atoms with Crippen molar-refractivity contribution in [2.24, 2.45) is 5.73 Å². The minimum atomic E-state index is -4.80. The van der Waals surface area contributed by atoms with E-state index in [1.807, 2.05) is 30.3 Å². The molecule has 1 unspecified atom stereocenters. The highest BCUT2D eigenvalue weighted by Gasteiger charge is 2.61. The predicted octanol–water partition coefficient (Wildman–Crippen LogP) is 2.08. The largest absolute Gasteiger partial charge is 0.406 e. The fourth-order valence-corrected chi connectivity index (χ4v) is 5.14. The van der Waals surface area contributed by atoms with Gasteiger partial charge in [-0.3, -0.25) is 19.3 Å². The quantitative estimate of drug-likeness (QED) is 0.409. The lowest BCUT2D eigenvalue weighted by Crippen LogP contribution is -2.67. The number of ether oxygens (including phenoxy) is 1. The first-order valence-electron chi connectivity index (χ1n) is 13.5. The maximum atomic E-state index is 13.9. The molecule has 0 bridgehead atoms. The molecule has 0 aliphatic carbocycles. The highest BCUT2D eigenvalue weighted by atomic mass is 19.4. The molecule has 2 atom stereocenters. The zero-order valence-corrected chi connectivity index (χ0v) is 23.4. The smallest absolute Gasteiger partial charge is 0.374 e. The molecule has 5 amide bonds. The number of hydrogen-bond donors (Lipinski definition) is 2. The van der Waals surface area contributed by atoms with E-state index in [-0.39, 0.29) is 44.2 Å². The van der Waals surface area contributed by atoms with E-state index in [1.54, 1.807) is 30.3 Å². The second kappa shape index (κ2) is 12.1. The predicted molar refractivity (Wildman–Crippen MR) is 146 cm³/mol. The second-order valence-corrected chi connectivity index (χ2v) is 11.1. The SMILES string of the molecule is CC(C)(N)C(=O)N[C@H](COCc1ccccc1)C(=O)N1CCN2C(=O)N(CC(F)(F)F)C(=O)C2(Cc2ccccc2)C1. The average molecular weight is 590 g/mol. The lowest BCUT2D eigenvalue weighted by Gasteiger charge is -2.45. The number of imide groups is 1. The molecule has 0 radical (unpaired) electrons. The number of carbonyl (C=O) groups is 4. The fraction of sp³-hybridized carbons (Fsp3) is 0.448. The van der Waals surface area contributed by atoms with E-state index in [9.17, 15) is 32.3 Å². The van der Waals surface area contributed by atoms with Crippen molar-refractivity contribution in [3.05, 3.63) is 71.8 Å². The van der Waals surface area contributed by atoms with E-state index in [0.29, 0.717) is 5.56 Å². The van der Waals surface area contributed by atoms with Gasteiger partial charge in [0, 0.05) is 19.5 Å². The molecule has 226 valence electrons. The summed E-state index contributed by atoms with van der Waals surface area (Å²) >= 11 is 0. The number of amides is 5. The van der Waals surface area contributed by atoms with Gasteiger partial charge in [-0.15, -0.1) is 0 Å². The molecule has 2 fully saturated rings. The molecule has 4 rings (SSSR count). The maximum absolute atomic E-state index is 13.9. The van der Waals surface area contributed by atoms with Crippen molar-refractivity contribution in [3.63, 3.8) is 0 Å². The van der Waals surface area contributed by atoms with Gasteiger partial charge in [0.1, 0.15) is 18.1 Å². The van der Waals surface area contributed by atoms with Gasteiger partial charge in [0.15, 0.2) is 0 Å². The van der Waals surface area contributed by atoms with Gasteiger partial charge in [-0.25, -0.2) is 4.79 Å². The van der Waals surface area contributed by atoms with E-state index in [4.69, 9.17) is 10.5 Å². The summed E-state index contributed by atoms with van der Waals surface area (Å²) in [6.07, 6.45) is -4.90. The molecule has 0 saturated carbocycles. The third-order valence-corrected chi connectivity index (χ3v) is 7.24. The molecule has 2 aliphatic heterocycles. The summed E-state index contributed by atoms with van der Waals surface area (Å²) in [7, 11) is 0. The Labute approximate surface area is 241 Å². The summed E-state index contributed by atoms with van der Waals surface area (Å²) in [4.78, 5) is 56.0. The number of fused-ring (bicyclic) bond motifs is 1. The van der Waals surface area contributed by atoms with Crippen molar-refractivity contribution in [1.29, 1.82) is 0 Å². The molecule has 2 aromatic carbocycles. The minimum absolute atomic E-state index is 0.0642. The van der Waals surface area contributed by atoms with Crippen molar-refractivity contribution >= 4 is 23.8 Å². The Morgan fingerprint density at radius 3 is 2.17 bits per heavy atom. The van der Waals surface area contributed by atoms with Crippen LogP contribution in [0.4, 0.5) is 18.0 Å². The van der Waals surface area contributed by atoms with Crippen LogP contribution in [0.3, 0.4) is 0 Å². The molecule has 0 spiro atoms. The molecule has 2 aliphatic rings. The van der Waals surface area contributed by atoms with E-state index < -0.39 is 53.6 Å². The number of rotatable bonds is 10. The van der Waals surface area contributed by atoms with Crippen molar-refractivity contribution in [2.75, 3.05) is 32.8 Å². The Morgan fingerprint density at radius 1 is 1.00 bits per heavy atom. The van der Waals surface area contributed by atoms with Crippen molar-refractivity contribution < 1.29 is 37.1 Å². The third-order valence-electron chi connectivity index (χ3n) is 7.24. The van der Waals surface area contributed by atoms with Crippen LogP contribution in [0, 0.1) is 0 Å². The standard InChI is InChI=1S/C29H34F3N5O5/c1-27(2,33)24(39)34-22(17-42-16-21-11-7-4-8-12-21)23(38)35-13-14-37-26(41)36(19-29(30,31)32)25(40)28(37,18-35)15-20-9-5-3-6-10-20/h3-12,22H,13-19,33H2,1-2H3,(H,34,39)/t22-,28?/m1/s1. The third kappa shape index (κ3) is 6.90. The summed E-state index contributed by atoms with van der Waals surface area (Å²) in [5.74, 6) is -2.26. The van der Waals surface area contributed by atoms with Gasteiger partial charge < -0.3 is 25.6 Å². The first-order valence-corrected chi connectivity index (χ1v) is 13.5. The number of halogens is 3. The Morgan fingerprint density at radius 2 is 1.60 bits per heavy atom. The number of hydrogen-bond acceptors (Lipinski definition) is 6. The van der Waals surface area contributed by atoms with Crippen LogP contribution in [-0.2, 0) is 32.1 Å². The molecule has 2 saturated heterocycles. The van der Waals surface area contributed by atoms with Crippen molar-refractivity contribution in [3.8, 4) is 0 Å².